The first kappa shape index (κ1) is 19.6. The summed E-state index contributed by atoms with van der Waals surface area (Å²) in [4.78, 5) is 0. The molecule has 0 amide bonds. The molecule has 0 aromatic rings. The van der Waals surface area contributed by atoms with Crippen LogP contribution in [-0.4, -0.2) is 32.4 Å². The van der Waals surface area contributed by atoms with Gasteiger partial charge in [0.25, 0.3) is 0 Å². The number of halogens is 1. The third-order valence-corrected chi connectivity index (χ3v) is 11.8. The highest BCUT2D eigenvalue weighted by atomic mass is 79.9. The Hall–Kier alpha value is -0.203. The summed E-state index contributed by atoms with van der Waals surface area (Å²) in [5.74, 6) is 0.801. The normalized spacial score (nSPS) is 38.1. The van der Waals surface area contributed by atoms with Crippen molar-refractivity contribution < 1.29 is 14.3 Å². The highest BCUT2D eigenvalue weighted by Crippen LogP contribution is 2.55. The fourth-order valence-corrected chi connectivity index (χ4v) is 6.24. The first-order valence-electron chi connectivity index (χ1n) is 9.16. The topological polar surface area (TPSA) is 38.7 Å². The molecule has 25 heavy (non-hydrogen) atoms. The Morgan fingerprint density at radius 2 is 2.00 bits per heavy atom. The molecule has 0 bridgehead atoms. The summed E-state index contributed by atoms with van der Waals surface area (Å²) in [5, 5.41) is 10.5. The van der Waals surface area contributed by atoms with Gasteiger partial charge in [0.05, 0.1) is 12.7 Å². The van der Waals surface area contributed by atoms with Gasteiger partial charge in [-0.1, -0.05) is 61.0 Å². The van der Waals surface area contributed by atoms with E-state index in [-0.39, 0.29) is 34.8 Å². The maximum atomic E-state index is 10.4. The van der Waals surface area contributed by atoms with Crippen LogP contribution in [0.2, 0.25) is 18.1 Å². The van der Waals surface area contributed by atoms with Gasteiger partial charge in [-0.15, -0.1) is 0 Å². The van der Waals surface area contributed by atoms with Crippen molar-refractivity contribution in [1.29, 1.82) is 0 Å². The predicted octanol–water partition coefficient (Wildman–Crippen LogP) is 5.00. The van der Waals surface area contributed by atoms with Crippen molar-refractivity contribution in [2.24, 2.45) is 23.7 Å². The van der Waals surface area contributed by atoms with Crippen molar-refractivity contribution >= 4 is 24.2 Å². The zero-order valence-corrected chi connectivity index (χ0v) is 18.8. The van der Waals surface area contributed by atoms with Crippen molar-refractivity contribution in [2.75, 3.05) is 6.61 Å². The summed E-state index contributed by atoms with van der Waals surface area (Å²) in [5.41, 5.74) is 2.26. The van der Waals surface area contributed by atoms with E-state index in [2.05, 4.69) is 75.4 Å². The minimum Gasteiger partial charge on any atom is -0.409 e. The summed E-state index contributed by atoms with van der Waals surface area (Å²) >= 11 is 3.82. The Morgan fingerprint density at radius 1 is 1.36 bits per heavy atom. The van der Waals surface area contributed by atoms with E-state index in [0.717, 1.165) is 5.57 Å². The number of allylic oxidation sites excluding steroid dienone is 1. The van der Waals surface area contributed by atoms with Crippen LogP contribution in [0.5, 0.6) is 0 Å². The van der Waals surface area contributed by atoms with Gasteiger partial charge in [0.15, 0.2) is 14.6 Å². The number of hydrogen-bond acceptors (Lipinski definition) is 3. The molecule has 1 saturated heterocycles. The summed E-state index contributed by atoms with van der Waals surface area (Å²) in [6, 6.07) is 0. The summed E-state index contributed by atoms with van der Waals surface area (Å²) in [7, 11) is -1.94. The summed E-state index contributed by atoms with van der Waals surface area (Å²) in [6.07, 6.45) is 3.85. The Labute approximate surface area is 161 Å². The molecule has 6 atom stereocenters. The lowest BCUT2D eigenvalue weighted by Gasteiger charge is -2.43. The van der Waals surface area contributed by atoms with Gasteiger partial charge >= 0.3 is 0 Å². The molecule has 5 heteroatoms. The van der Waals surface area contributed by atoms with Gasteiger partial charge in [-0.05, 0) is 41.0 Å². The van der Waals surface area contributed by atoms with Crippen molar-refractivity contribution in [3.8, 4) is 0 Å². The van der Waals surface area contributed by atoms with E-state index in [1.54, 1.807) is 0 Å². The maximum absolute atomic E-state index is 10.4. The minimum absolute atomic E-state index is 0.00256. The number of aliphatic hydroxyl groups excluding tert-OH is 1. The molecule has 0 radical (unpaired) electrons. The van der Waals surface area contributed by atoms with Crippen molar-refractivity contribution in [3.05, 3.63) is 34.4 Å². The van der Waals surface area contributed by atoms with E-state index in [9.17, 15) is 5.11 Å². The second-order valence-corrected chi connectivity index (χ2v) is 15.0. The highest BCUT2D eigenvalue weighted by Gasteiger charge is 2.54. The third kappa shape index (κ3) is 3.27. The van der Waals surface area contributed by atoms with E-state index in [0.29, 0.717) is 6.61 Å². The predicted molar refractivity (Wildman–Crippen MR) is 108 cm³/mol. The van der Waals surface area contributed by atoms with Gasteiger partial charge in [-0.3, -0.25) is 0 Å². The lowest BCUT2D eigenvalue weighted by molar-refractivity contribution is -0.0938. The summed E-state index contributed by atoms with van der Waals surface area (Å²) < 4.78 is 13.6. The van der Waals surface area contributed by atoms with E-state index < -0.39 is 14.6 Å². The molecule has 1 heterocycles. The molecule has 3 nitrogen and oxygen atoms in total. The van der Waals surface area contributed by atoms with Gasteiger partial charge in [-0.25, -0.2) is 0 Å². The smallest absolute Gasteiger partial charge is 0.192 e. The van der Waals surface area contributed by atoms with Crippen LogP contribution in [0, 0.1) is 23.7 Å². The zero-order valence-electron chi connectivity index (χ0n) is 16.2. The van der Waals surface area contributed by atoms with Crippen LogP contribution in [0.1, 0.15) is 27.7 Å². The average molecular weight is 427 g/mol. The monoisotopic (exact) mass is 426 g/mol. The van der Waals surface area contributed by atoms with Crippen molar-refractivity contribution in [2.45, 2.75) is 58.2 Å². The van der Waals surface area contributed by atoms with Gasteiger partial charge < -0.3 is 14.3 Å². The van der Waals surface area contributed by atoms with Crippen LogP contribution in [-0.2, 0) is 9.16 Å². The van der Waals surface area contributed by atoms with Gasteiger partial charge in [0, 0.05) is 17.8 Å². The van der Waals surface area contributed by atoms with Crippen molar-refractivity contribution in [1.82, 2.24) is 0 Å². The van der Waals surface area contributed by atoms with Gasteiger partial charge in [0.2, 0.25) is 0 Å². The standard InChI is InChI=1S/C20H31BrO3Si/c1-11(2)13-9-14-16-12(10-23-19(16)22)8-15(21)17(14)18(13)24-25(6,7)20(3,4)5/h8-9,12,14,16-19,22H,1,10H2,2-7H3/t12-,14-,16+,17+,18?,19?/m1/s1. The van der Waals surface area contributed by atoms with Crippen LogP contribution in [0.15, 0.2) is 34.4 Å². The van der Waals surface area contributed by atoms with Crippen LogP contribution in [0.25, 0.3) is 0 Å². The molecule has 140 valence electrons. The quantitative estimate of drug-likeness (QED) is 0.645. The number of fused-ring (bicyclic) bond motifs is 3. The van der Waals surface area contributed by atoms with E-state index in [1.807, 2.05) is 0 Å². The Kier molecular flexibility index (Phi) is 5.04. The van der Waals surface area contributed by atoms with Gasteiger partial charge in [0.1, 0.15) is 0 Å². The van der Waals surface area contributed by atoms with E-state index in [4.69, 9.17) is 9.16 Å². The van der Waals surface area contributed by atoms with Crippen LogP contribution in [0.4, 0.5) is 0 Å². The van der Waals surface area contributed by atoms with E-state index in [1.165, 1.54) is 10.1 Å². The number of rotatable bonds is 3. The molecule has 3 rings (SSSR count). The average Bonchev–Trinajstić information content (AvgIpc) is 2.99. The molecule has 2 unspecified atom stereocenters. The fourth-order valence-electron chi connectivity index (χ4n) is 4.09. The fraction of sp³-hybridized carbons (Fsp3) is 0.700. The van der Waals surface area contributed by atoms with Crippen LogP contribution < -0.4 is 0 Å². The first-order chi connectivity index (χ1) is 11.4. The Bertz CT molecular complexity index is 631. The molecule has 0 aromatic heterocycles. The summed E-state index contributed by atoms with van der Waals surface area (Å²) in [6.45, 7) is 18.3. The maximum Gasteiger partial charge on any atom is 0.192 e. The van der Waals surface area contributed by atoms with Crippen LogP contribution >= 0.6 is 15.9 Å². The van der Waals surface area contributed by atoms with Gasteiger partial charge in [-0.2, -0.15) is 0 Å². The molecule has 0 aromatic carbocycles. The largest absolute Gasteiger partial charge is 0.409 e. The second-order valence-electron chi connectivity index (χ2n) is 9.32. The minimum atomic E-state index is -1.94. The molecule has 3 aliphatic rings. The van der Waals surface area contributed by atoms with E-state index >= 15 is 0 Å². The molecule has 1 fully saturated rings. The van der Waals surface area contributed by atoms with Crippen LogP contribution in [0.3, 0.4) is 0 Å². The lowest BCUT2D eigenvalue weighted by atomic mass is 9.72. The molecule has 1 aliphatic heterocycles. The first-order valence-corrected chi connectivity index (χ1v) is 12.9. The third-order valence-electron chi connectivity index (χ3n) is 6.56. The molecular formula is C20H31BrO3Si. The lowest BCUT2D eigenvalue weighted by Crippen LogP contribution is -2.47. The SMILES string of the molecule is C=C(C)C1=C[C@@H]2[C@H]3C(O)OC[C@H]3C=C(Br)[C@H]2C1O[Si](C)(C)C(C)(C)C. The molecule has 1 N–H and O–H groups in total. The number of hydrogen-bond donors (Lipinski definition) is 1. The molecule has 0 spiro atoms. The molecule has 0 saturated carbocycles. The molecule has 2 aliphatic carbocycles. The number of ether oxygens (including phenoxy) is 1. The molecular weight excluding hydrogens is 396 g/mol. The number of aliphatic hydroxyl groups is 1. The second kappa shape index (κ2) is 6.45. The Balaban J connectivity index is 1.99. The zero-order chi connectivity index (χ0) is 18.7. The highest BCUT2D eigenvalue weighted by molar-refractivity contribution is 9.11. The Morgan fingerprint density at radius 3 is 2.56 bits per heavy atom. The van der Waals surface area contributed by atoms with Crippen molar-refractivity contribution in [3.63, 3.8) is 0 Å².